The molecule has 4 nitrogen and oxygen atoms in total. The predicted octanol–water partition coefficient (Wildman–Crippen LogP) is 2.03. The lowest BCUT2D eigenvalue weighted by Gasteiger charge is -2.12. The molecule has 0 unspecified atom stereocenters. The fraction of sp³-hybridized carbons (Fsp3) is 0.600. The van der Waals surface area contributed by atoms with Gasteiger partial charge < -0.3 is 9.84 Å². The third-order valence-corrected chi connectivity index (χ3v) is 1.91. The molecule has 1 aromatic heterocycles. The zero-order valence-electron chi connectivity index (χ0n) is 9.45. The highest BCUT2D eigenvalue weighted by Gasteiger charge is 2.29. The van der Waals surface area contributed by atoms with Gasteiger partial charge in [-0.2, -0.15) is 13.2 Å². The van der Waals surface area contributed by atoms with Gasteiger partial charge in [-0.3, -0.25) is 0 Å². The molecule has 0 saturated heterocycles. The van der Waals surface area contributed by atoms with Crippen molar-refractivity contribution in [2.24, 2.45) is 0 Å². The summed E-state index contributed by atoms with van der Waals surface area (Å²) in [6.45, 7) is 1.76. The van der Waals surface area contributed by atoms with Gasteiger partial charge in [0.2, 0.25) is 0 Å². The van der Waals surface area contributed by atoms with E-state index in [-0.39, 0.29) is 17.4 Å². The Bertz CT molecular complexity index is 380. The van der Waals surface area contributed by atoms with Crippen LogP contribution in [0.4, 0.5) is 13.2 Å². The quantitative estimate of drug-likeness (QED) is 0.888. The summed E-state index contributed by atoms with van der Waals surface area (Å²) in [4.78, 5) is 7.81. The zero-order valence-corrected chi connectivity index (χ0v) is 9.45. The van der Waals surface area contributed by atoms with Crippen molar-refractivity contribution in [2.75, 3.05) is 6.61 Å². The summed E-state index contributed by atoms with van der Waals surface area (Å²) in [6.07, 6.45) is -3.27. The topological polar surface area (TPSA) is 55.2 Å². The lowest BCUT2D eigenvalue weighted by molar-refractivity contribution is -0.153. The van der Waals surface area contributed by atoms with Crippen LogP contribution < -0.4 is 4.74 Å². The van der Waals surface area contributed by atoms with E-state index in [0.717, 1.165) is 6.20 Å². The van der Waals surface area contributed by atoms with Crippen molar-refractivity contribution >= 4 is 0 Å². The van der Waals surface area contributed by atoms with Crippen LogP contribution in [0.3, 0.4) is 0 Å². The Morgan fingerprint density at radius 3 is 2.53 bits per heavy atom. The van der Waals surface area contributed by atoms with Gasteiger partial charge in [-0.15, -0.1) is 0 Å². The normalized spacial score (nSPS) is 11.9. The van der Waals surface area contributed by atoms with Gasteiger partial charge in [0.25, 0.3) is 0 Å². The van der Waals surface area contributed by atoms with Crippen LogP contribution in [-0.2, 0) is 6.61 Å². The molecular formula is C10H13F3N2O2. The van der Waals surface area contributed by atoms with Gasteiger partial charge in [0.1, 0.15) is 11.5 Å². The van der Waals surface area contributed by atoms with Crippen molar-refractivity contribution in [1.82, 2.24) is 9.97 Å². The second kappa shape index (κ2) is 5.31. The van der Waals surface area contributed by atoms with Gasteiger partial charge in [-0.25, -0.2) is 9.97 Å². The summed E-state index contributed by atoms with van der Waals surface area (Å²) in [7, 11) is 0. The van der Waals surface area contributed by atoms with Crippen LogP contribution in [0.5, 0.6) is 5.75 Å². The average molecular weight is 250 g/mol. The number of hydrogen-bond donors (Lipinski definition) is 1. The van der Waals surface area contributed by atoms with E-state index in [1.807, 2.05) is 13.8 Å². The Balaban J connectivity index is 2.86. The summed E-state index contributed by atoms with van der Waals surface area (Å²) in [6, 6.07) is 0. The Morgan fingerprint density at radius 2 is 2.06 bits per heavy atom. The molecule has 0 spiro atoms. The van der Waals surface area contributed by atoms with Crippen LogP contribution in [0.2, 0.25) is 0 Å². The van der Waals surface area contributed by atoms with E-state index in [1.54, 1.807) is 0 Å². The molecule has 0 bridgehead atoms. The lowest BCUT2D eigenvalue weighted by Crippen LogP contribution is -2.20. The molecule has 1 heterocycles. The first-order valence-corrected chi connectivity index (χ1v) is 4.99. The van der Waals surface area contributed by atoms with Gasteiger partial charge in [0, 0.05) is 5.92 Å². The Hall–Kier alpha value is -1.37. The minimum absolute atomic E-state index is 0.0250. The Labute approximate surface area is 96.5 Å². The molecule has 1 rings (SSSR count). The van der Waals surface area contributed by atoms with Crippen molar-refractivity contribution in [1.29, 1.82) is 0 Å². The van der Waals surface area contributed by atoms with E-state index in [9.17, 15) is 13.2 Å². The van der Waals surface area contributed by atoms with Crippen LogP contribution in [0, 0.1) is 0 Å². The van der Waals surface area contributed by atoms with Crippen molar-refractivity contribution in [3.8, 4) is 5.75 Å². The molecule has 1 aromatic rings. The number of alkyl halides is 3. The number of aliphatic hydroxyl groups excluding tert-OH is 1. The second-order valence-electron chi connectivity index (χ2n) is 3.76. The molecule has 0 amide bonds. The number of aromatic nitrogens is 2. The van der Waals surface area contributed by atoms with E-state index in [1.165, 1.54) is 0 Å². The first-order valence-electron chi connectivity index (χ1n) is 4.99. The van der Waals surface area contributed by atoms with Gasteiger partial charge >= 0.3 is 6.18 Å². The largest absolute Gasteiger partial charge is 0.480 e. The maximum Gasteiger partial charge on any atom is 0.422 e. The molecular weight excluding hydrogens is 237 g/mol. The molecule has 0 atom stereocenters. The van der Waals surface area contributed by atoms with Gasteiger partial charge in [-0.1, -0.05) is 13.8 Å². The predicted molar refractivity (Wildman–Crippen MR) is 53.6 cm³/mol. The van der Waals surface area contributed by atoms with E-state index < -0.39 is 19.4 Å². The molecule has 0 fully saturated rings. The maximum atomic E-state index is 12.0. The standard InChI is InChI=1S/C10H13F3N2O2/c1-6(2)9-14-3-8(7(4-16)15-9)17-5-10(11,12)13/h3,6,16H,4-5H2,1-2H3. The molecule has 1 N–H and O–H groups in total. The van der Waals surface area contributed by atoms with Crippen LogP contribution in [0.1, 0.15) is 31.3 Å². The van der Waals surface area contributed by atoms with Gasteiger partial charge in [-0.05, 0) is 0 Å². The smallest absolute Gasteiger partial charge is 0.422 e. The fourth-order valence-corrected chi connectivity index (χ4v) is 1.09. The third kappa shape index (κ3) is 4.18. The summed E-state index contributed by atoms with van der Waals surface area (Å²) in [5.74, 6) is 0.333. The van der Waals surface area contributed by atoms with Crippen molar-refractivity contribution in [3.63, 3.8) is 0 Å². The fourth-order valence-electron chi connectivity index (χ4n) is 1.09. The Kier molecular flexibility index (Phi) is 4.28. The molecule has 0 aromatic carbocycles. The molecule has 96 valence electrons. The summed E-state index contributed by atoms with van der Waals surface area (Å²) < 4.78 is 40.4. The van der Waals surface area contributed by atoms with Crippen LogP contribution in [0.15, 0.2) is 6.20 Å². The number of aliphatic hydroxyl groups is 1. The summed E-state index contributed by atoms with van der Waals surface area (Å²) >= 11 is 0. The highest BCUT2D eigenvalue weighted by Crippen LogP contribution is 2.22. The monoisotopic (exact) mass is 250 g/mol. The molecule has 0 aliphatic rings. The van der Waals surface area contributed by atoms with Crippen LogP contribution >= 0.6 is 0 Å². The second-order valence-corrected chi connectivity index (χ2v) is 3.76. The molecule has 7 heteroatoms. The van der Waals surface area contributed by atoms with E-state index in [0.29, 0.717) is 5.82 Å². The number of hydrogen-bond acceptors (Lipinski definition) is 4. The minimum Gasteiger partial charge on any atom is -0.480 e. The van der Waals surface area contributed by atoms with Crippen molar-refractivity contribution in [2.45, 2.75) is 32.5 Å². The first kappa shape index (κ1) is 13.7. The zero-order chi connectivity index (χ0) is 13.1. The molecule has 0 saturated carbocycles. The van der Waals surface area contributed by atoms with E-state index in [2.05, 4.69) is 14.7 Å². The number of rotatable bonds is 4. The molecule has 0 aliphatic heterocycles. The average Bonchev–Trinajstić information content (AvgIpc) is 2.24. The van der Waals surface area contributed by atoms with Gasteiger partial charge in [0.15, 0.2) is 12.4 Å². The highest BCUT2D eigenvalue weighted by molar-refractivity contribution is 5.24. The van der Waals surface area contributed by atoms with Crippen LogP contribution in [-0.4, -0.2) is 27.9 Å². The lowest BCUT2D eigenvalue weighted by atomic mass is 10.2. The molecule has 0 radical (unpaired) electrons. The number of ether oxygens (including phenoxy) is 1. The summed E-state index contributed by atoms with van der Waals surface area (Å²) in [5.41, 5.74) is 0.0629. The summed E-state index contributed by atoms with van der Waals surface area (Å²) in [5, 5.41) is 9.00. The van der Waals surface area contributed by atoms with Crippen LogP contribution in [0.25, 0.3) is 0 Å². The number of halogens is 3. The maximum absolute atomic E-state index is 12.0. The third-order valence-electron chi connectivity index (χ3n) is 1.91. The highest BCUT2D eigenvalue weighted by atomic mass is 19.4. The minimum atomic E-state index is -4.43. The number of nitrogens with zero attached hydrogens (tertiary/aromatic N) is 2. The van der Waals surface area contributed by atoms with E-state index >= 15 is 0 Å². The SMILES string of the molecule is CC(C)c1ncc(OCC(F)(F)F)c(CO)n1. The van der Waals surface area contributed by atoms with Gasteiger partial charge in [0.05, 0.1) is 12.8 Å². The van der Waals surface area contributed by atoms with Crippen molar-refractivity contribution < 1.29 is 23.0 Å². The molecule has 0 aliphatic carbocycles. The van der Waals surface area contributed by atoms with Crippen molar-refractivity contribution in [3.05, 3.63) is 17.7 Å². The first-order chi connectivity index (χ1) is 7.83. The molecule has 17 heavy (non-hydrogen) atoms. The van der Waals surface area contributed by atoms with E-state index in [4.69, 9.17) is 5.11 Å². The Morgan fingerprint density at radius 1 is 1.41 bits per heavy atom.